The van der Waals surface area contributed by atoms with Crippen LogP contribution in [0.1, 0.15) is 36.2 Å². The van der Waals surface area contributed by atoms with E-state index >= 15 is 0 Å². The van der Waals surface area contributed by atoms with Crippen LogP contribution < -0.4 is 9.47 Å². The second-order valence-corrected chi connectivity index (χ2v) is 10.2. The first kappa shape index (κ1) is 24.6. The van der Waals surface area contributed by atoms with Crippen LogP contribution in [0.15, 0.2) is 36.4 Å². The van der Waals surface area contributed by atoms with Crippen molar-refractivity contribution in [2.45, 2.75) is 31.1 Å². The number of aromatic nitrogens is 3. The summed E-state index contributed by atoms with van der Waals surface area (Å²) in [7, 11) is -0.658. The van der Waals surface area contributed by atoms with E-state index in [1.807, 2.05) is 0 Å². The first-order chi connectivity index (χ1) is 16.9. The van der Waals surface area contributed by atoms with Crippen molar-refractivity contribution in [1.82, 2.24) is 14.8 Å². The zero-order valence-electron chi connectivity index (χ0n) is 19.4. The number of aryl methyl sites for hydroxylation is 1. The predicted molar refractivity (Wildman–Crippen MR) is 126 cm³/mol. The van der Waals surface area contributed by atoms with Gasteiger partial charge in [-0.05, 0) is 49.1 Å². The molecule has 184 valence electrons. The highest BCUT2D eigenvalue weighted by atomic mass is 32.2. The normalized spacial score (nSPS) is 15.7. The second-order valence-electron chi connectivity index (χ2n) is 8.05. The van der Waals surface area contributed by atoms with Crippen molar-refractivity contribution in [3.8, 4) is 17.2 Å². The van der Waals surface area contributed by atoms with Gasteiger partial charge in [-0.1, -0.05) is 12.1 Å². The van der Waals surface area contributed by atoms with Crippen LogP contribution in [-0.2, 0) is 26.7 Å². The van der Waals surface area contributed by atoms with Gasteiger partial charge >= 0.3 is 0 Å². The molecule has 1 atom stereocenters. The van der Waals surface area contributed by atoms with Gasteiger partial charge in [-0.25, -0.2) is 17.7 Å². The van der Waals surface area contributed by atoms with E-state index in [-0.39, 0.29) is 29.8 Å². The fourth-order valence-corrected chi connectivity index (χ4v) is 5.35. The maximum atomic E-state index is 13.4. The molecular weight excluding hydrogens is 475 g/mol. The first-order valence-electron chi connectivity index (χ1n) is 11.0. The standard InChI is InChI=1S/C24H25FN4O5S/c1-26-18-14-17(25)10-9-16(18)11-13-35(30,31)15-22-27-28-24(21-8-5-12-34-21)29(22)23-19(32-2)6-4-7-20(23)33-3/h4,6-7,9-10,14,21H,5,8,11-13,15H2,2-3H3/t21-/m0/s1. The molecule has 0 bridgehead atoms. The van der Waals surface area contributed by atoms with Gasteiger partial charge in [0, 0.05) is 6.61 Å². The van der Waals surface area contributed by atoms with E-state index < -0.39 is 21.4 Å². The van der Waals surface area contributed by atoms with Crippen LogP contribution in [0.2, 0.25) is 0 Å². The predicted octanol–water partition coefficient (Wildman–Crippen LogP) is 3.98. The molecule has 3 aromatic rings. The molecule has 35 heavy (non-hydrogen) atoms. The number of hydrogen-bond acceptors (Lipinski definition) is 7. The van der Waals surface area contributed by atoms with Crippen molar-refractivity contribution in [2.24, 2.45) is 0 Å². The monoisotopic (exact) mass is 500 g/mol. The number of benzene rings is 2. The van der Waals surface area contributed by atoms with Gasteiger partial charge < -0.3 is 14.2 Å². The minimum absolute atomic E-state index is 0.0744. The van der Waals surface area contributed by atoms with Crippen molar-refractivity contribution in [2.75, 3.05) is 26.6 Å². The van der Waals surface area contributed by atoms with E-state index in [4.69, 9.17) is 20.8 Å². The molecule has 4 rings (SSSR count). The molecule has 9 nitrogen and oxygen atoms in total. The summed E-state index contributed by atoms with van der Waals surface area (Å²) in [6, 6.07) is 9.02. The van der Waals surface area contributed by atoms with Crippen LogP contribution >= 0.6 is 0 Å². The largest absolute Gasteiger partial charge is 0.494 e. The highest BCUT2D eigenvalue weighted by molar-refractivity contribution is 7.90. The number of nitrogens with zero attached hydrogens (tertiary/aromatic N) is 4. The molecule has 0 unspecified atom stereocenters. The summed E-state index contributed by atoms with van der Waals surface area (Å²) < 4.78 is 58.3. The molecule has 0 aliphatic carbocycles. The molecule has 0 saturated carbocycles. The van der Waals surface area contributed by atoms with E-state index in [1.165, 1.54) is 26.4 Å². The van der Waals surface area contributed by atoms with Gasteiger partial charge in [-0.2, -0.15) is 0 Å². The fraction of sp³-hybridized carbons (Fsp3) is 0.375. The molecule has 1 aliphatic rings. The Morgan fingerprint density at radius 1 is 1.20 bits per heavy atom. The van der Waals surface area contributed by atoms with Gasteiger partial charge in [-0.15, -0.1) is 10.2 Å². The summed E-state index contributed by atoms with van der Waals surface area (Å²) in [4.78, 5) is 3.30. The highest BCUT2D eigenvalue weighted by Crippen LogP contribution is 2.38. The Balaban J connectivity index is 1.70. The number of rotatable bonds is 9. The number of hydrogen-bond donors (Lipinski definition) is 0. The van der Waals surface area contributed by atoms with Crippen LogP contribution in [-0.4, -0.2) is 49.8 Å². The number of ether oxygens (including phenoxy) is 3. The van der Waals surface area contributed by atoms with Crippen LogP contribution in [0.4, 0.5) is 10.1 Å². The minimum Gasteiger partial charge on any atom is -0.494 e. The summed E-state index contributed by atoms with van der Waals surface area (Å²) in [5, 5.41) is 8.51. The van der Waals surface area contributed by atoms with E-state index in [0.29, 0.717) is 35.2 Å². The van der Waals surface area contributed by atoms with Crippen molar-refractivity contribution in [3.05, 3.63) is 70.8 Å². The van der Waals surface area contributed by atoms with E-state index in [0.717, 1.165) is 18.9 Å². The summed E-state index contributed by atoms with van der Waals surface area (Å²) in [6.45, 7) is 7.81. The van der Waals surface area contributed by atoms with Gasteiger partial charge in [0.05, 0.1) is 26.5 Å². The number of methoxy groups -OCH3 is 2. The van der Waals surface area contributed by atoms with Crippen LogP contribution in [0.25, 0.3) is 10.5 Å². The number of sulfone groups is 1. The third-order valence-corrected chi connectivity index (χ3v) is 7.32. The van der Waals surface area contributed by atoms with E-state index in [1.54, 1.807) is 22.8 Å². The van der Waals surface area contributed by atoms with Gasteiger partial charge in [0.25, 0.3) is 0 Å². The van der Waals surface area contributed by atoms with Crippen molar-refractivity contribution in [1.29, 1.82) is 0 Å². The second kappa shape index (κ2) is 10.4. The van der Waals surface area contributed by atoms with Gasteiger partial charge in [0.15, 0.2) is 27.2 Å². The lowest BCUT2D eigenvalue weighted by Crippen LogP contribution is -2.17. The maximum Gasteiger partial charge on any atom is 0.193 e. The van der Waals surface area contributed by atoms with Gasteiger partial charge in [0.2, 0.25) is 0 Å². The van der Waals surface area contributed by atoms with Crippen molar-refractivity contribution in [3.63, 3.8) is 0 Å². The minimum atomic E-state index is -3.69. The van der Waals surface area contributed by atoms with Crippen molar-refractivity contribution < 1.29 is 27.0 Å². The highest BCUT2D eigenvalue weighted by Gasteiger charge is 2.30. The van der Waals surface area contributed by atoms with Crippen LogP contribution in [0.3, 0.4) is 0 Å². The smallest absolute Gasteiger partial charge is 0.193 e. The topological polar surface area (TPSA) is 96.9 Å². The third kappa shape index (κ3) is 5.28. The third-order valence-electron chi connectivity index (χ3n) is 5.80. The molecule has 0 radical (unpaired) electrons. The fourth-order valence-electron chi connectivity index (χ4n) is 4.10. The van der Waals surface area contributed by atoms with E-state index in [9.17, 15) is 12.8 Å². The summed E-state index contributed by atoms with van der Waals surface area (Å²) in [5.41, 5.74) is 1.06. The Hall–Kier alpha value is -3.49. The van der Waals surface area contributed by atoms with Gasteiger partial charge in [0.1, 0.15) is 34.9 Å². The Morgan fingerprint density at radius 3 is 2.57 bits per heavy atom. The van der Waals surface area contributed by atoms with Gasteiger partial charge in [-0.3, -0.25) is 4.57 Å². The Labute approximate surface area is 203 Å². The number of para-hydroxylation sites is 1. The molecule has 1 saturated heterocycles. The average Bonchev–Trinajstić information content (AvgIpc) is 3.52. The molecule has 1 aromatic heterocycles. The lowest BCUT2D eigenvalue weighted by Gasteiger charge is -2.19. The Bertz CT molecular complexity index is 1340. The number of halogens is 1. The molecule has 2 aromatic carbocycles. The SMILES string of the molecule is [C-]#[N+]c1cc(F)ccc1CCS(=O)(=O)Cc1nnc([C@@H]2CCCO2)n1-c1c(OC)cccc1OC. The zero-order valence-corrected chi connectivity index (χ0v) is 20.2. The van der Waals surface area contributed by atoms with Crippen LogP contribution in [0, 0.1) is 12.4 Å². The summed E-state index contributed by atoms with van der Waals surface area (Å²) in [6.07, 6.45) is 1.32. The molecular formula is C24H25FN4O5S. The molecule has 0 spiro atoms. The molecule has 1 aliphatic heterocycles. The van der Waals surface area contributed by atoms with Crippen molar-refractivity contribution >= 4 is 15.5 Å². The lowest BCUT2D eigenvalue weighted by molar-refractivity contribution is 0.103. The summed E-state index contributed by atoms with van der Waals surface area (Å²) >= 11 is 0. The lowest BCUT2D eigenvalue weighted by atomic mass is 10.1. The maximum absolute atomic E-state index is 13.4. The molecule has 0 N–H and O–H groups in total. The first-order valence-corrected chi connectivity index (χ1v) is 12.8. The summed E-state index contributed by atoms with van der Waals surface area (Å²) in [5.74, 6) is 0.426. The van der Waals surface area contributed by atoms with Crippen LogP contribution in [0.5, 0.6) is 11.5 Å². The molecule has 0 amide bonds. The molecule has 2 heterocycles. The quantitative estimate of drug-likeness (QED) is 0.410. The Morgan fingerprint density at radius 2 is 1.94 bits per heavy atom. The Kier molecular flexibility index (Phi) is 7.33. The average molecular weight is 501 g/mol. The molecule has 11 heteroatoms. The molecule has 1 fully saturated rings. The zero-order chi connectivity index (χ0) is 25.0. The van der Waals surface area contributed by atoms with E-state index in [2.05, 4.69) is 15.0 Å².